The van der Waals surface area contributed by atoms with Gasteiger partial charge in [-0.3, -0.25) is 9.59 Å². The van der Waals surface area contributed by atoms with E-state index in [2.05, 4.69) is 29.6 Å². The van der Waals surface area contributed by atoms with Crippen LogP contribution in [0.4, 0.5) is 5.69 Å². The summed E-state index contributed by atoms with van der Waals surface area (Å²) in [5.74, 6) is -0.0202. The average molecular weight is 326 g/mol. The molecular weight excluding hydrogens is 308 g/mol. The van der Waals surface area contributed by atoms with E-state index in [1.54, 1.807) is 11.6 Å². The van der Waals surface area contributed by atoms with E-state index in [0.29, 0.717) is 12.8 Å². The second-order valence-corrected chi connectivity index (χ2v) is 6.64. The number of nitrogens with zero attached hydrogens (tertiary/aromatic N) is 1. The number of amides is 1. The van der Waals surface area contributed by atoms with Gasteiger partial charge in [-0.05, 0) is 37.1 Å². The fourth-order valence-electron chi connectivity index (χ4n) is 2.45. The van der Waals surface area contributed by atoms with E-state index in [-0.39, 0.29) is 10.8 Å². The predicted molar refractivity (Wildman–Crippen MR) is 95.2 cm³/mol. The van der Waals surface area contributed by atoms with Gasteiger partial charge in [-0.15, -0.1) is 0 Å². The van der Waals surface area contributed by atoms with Gasteiger partial charge in [0.15, 0.2) is 0 Å². The van der Waals surface area contributed by atoms with Crippen molar-refractivity contribution in [2.45, 2.75) is 19.8 Å². The Balaban J connectivity index is 1.65. The minimum Gasteiger partial charge on any atom is -0.326 e. The van der Waals surface area contributed by atoms with Crippen molar-refractivity contribution in [2.75, 3.05) is 5.32 Å². The first-order valence-electron chi connectivity index (χ1n) is 7.48. The molecule has 0 aliphatic carbocycles. The summed E-state index contributed by atoms with van der Waals surface area (Å²) >= 11 is 1.19. The Bertz CT molecular complexity index is 907. The summed E-state index contributed by atoms with van der Waals surface area (Å²) in [5.41, 5.74) is 3.99. The molecule has 5 heteroatoms. The van der Waals surface area contributed by atoms with E-state index in [1.807, 2.05) is 25.1 Å². The summed E-state index contributed by atoms with van der Waals surface area (Å²) < 4.78 is 2.50. The summed E-state index contributed by atoms with van der Waals surface area (Å²) in [4.78, 5) is 23.7. The fraction of sp³-hybridized carbons (Fsp3) is 0.222. The van der Waals surface area contributed by atoms with Crippen molar-refractivity contribution in [3.8, 4) is 0 Å². The van der Waals surface area contributed by atoms with Gasteiger partial charge in [0.2, 0.25) is 5.91 Å². The summed E-state index contributed by atoms with van der Waals surface area (Å²) in [5, 5.41) is 2.90. The van der Waals surface area contributed by atoms with Crippen molar-refractivity contribution >= 4 is 33.1 Å². The third-order valence-corrected chi connectivity index (χ3v) is 4.83. The Labute approximate surface area is 138 Å². The molecule has 3 rings (SSSR count). The number of carbonyl (C=O) groups is 1. The zero-order valence-electron chi connectivity index (χ0n) is 13.1. The highest BCUT2D eigenvalue weighted by Gasteiger charge is 2.07. The Hall–Kier alpha value is -2.40. The van der Waals surface area contributed by atoms with Crippen molar-refractivity contribution in [1.82, 2.24) is 4.57 Å². The lowest BCUT2D eigenvalue weighted by Gasteiger charge is -2.06. The van der Waals surface area contributed by atoms with Crippen molar-refractivity contribution in [1.29, 1.82) is 0 Å². The minimum atomic E-state index is -0.0202. The van der Waals surface area contributed by atoms with Gasteiger partial charge < -0.3 is 9.88 Å². The first kappa shape index (κ1) is 15.5. The highest BCUT2D eigenvalue weighted by molar-refractivity contribution is 7.16. The molecule has 23 heavy (non-hydrogen) atoms. The summed E-state index contributed by atoms with van der Waals surface area (Å²) in [7, 11) is 1.75. The zero-order chi connectivity index (χ0) is 16.4. The van der Waals surface area contributed by atoms with E-state index in [0.717, 1.165) is 21.5 Å². The molecule has 0 atom stereocenters. The Morgan fingerprint density at radius 2 is 1.91 bits per heavy atom. The molecule has 1 N–H and O–H groups in total. The average Bonchev–Trinajstić information content (AvgIpc) is 2.81. The van der Waals surface area contributed by atoms with Crippen LogP contribution in [0.25, 0.3) is 10.2 Å². The van der Waals surface area contributed by atoms with Crippen LogP contribution in [0.5, 0.6) is 0 Å². The van der Waals surface area contributed by atoms with Crippen LogP contribution >= 0.6 is 11.3 Å². The second kappa shape index (κ2) is 6.38. The topological polar surface area (TPSA) is 51.1 Å². The molecule has 0 unspecified atom stereocenters. The minimum absolute atomic E-state index is 0.00264. The maximum Gasteiger partial charge on any atom is 0.307 e. The lowest BCUT2D eigenvalue weighted by molar-refractivity contribution is -0.116. The molecule has 0 aliphatic rings. The number of aromatic nitrogens is 1. The lowest BCUT2D eigenvalue weighted by atomic mass is 10.1. The molecule has 2 aromatic carbocycles. The van der Waals surface area contributed by atoms with Crippen LogP contribution in [-0.4, -0.2) is 10.5 Å². The van der Waals surface area contributed by atoms with Gasteiger partial charge in [0.05, 0.1) is 10.2 Å². The quantitative estimate of drug-likeness (QED) is 0.798. The number of hydrogen-bond acceptors (Lipinski definition) is 3. The van der Waals surface area contributed by atoms with E-state index >= 15 is 0 Å². The molecule has 0 radical (unpaired) electrons. The van der Waals surface area contributed by atoms with Crippen molar-refractivity contribution in [2.24, 2.45) is 7.05 Å². The number of nitrogens with one attached hydrogen (secondary N) is 1. The highest BCUT2D eigenvalue weighted by atomic mass is 32.1. The molecule has 1 heterocycles. The molecule has 1 aromatic heterocycles. The van der Waals surface area contributed by atoms with Gasteiger partial charge in [-0.2, -0.15) is 0 Å². The number of anilines is 1. The normalized spacial score (nSPS) is 10.9. The molecule has 0 saturated carbocycles. The van der Waals surface area contributed by atoms with Crippen LogP contribution < -0.4 is 10.2 Å². The number of rotatable bonds is 4. The molecule has 118 valence electrons. The first-order valence-corrected chi connectivity index (χ1v) is 8.29. The van der Waals surface area contributed by atoms with E-state index in [4.69, 9.17) is 0 Å². The van der Waals surface area contributed by atoms with E-state index in [1.165, 1.54) is 16.9 Å². The number of aryl methyl sites for hydroxylation is 3. The number of hydrogen-bond donors (Lipinski definition) is 1. The van der Waals surface area contributed by atoms with Crippen LogP contribution in [0.1, 0.15) is 17.5 Å². The third kappa shape index (κ3) is 3.51. The van der Waals surface area contributed by atoms with Gasteiger partial charge in [-0.1, -0.05) is 41.2 Å². The largest absolute Gasteiger partial charge is 0.326 e. The monoisotopic (exact) mass is 326 g/mol. The number of thiazole rings is 1. The van der Waals surface area contributed by atoms with E-state index < -0.39 is 0 Å². The molecule has 1 amide bonds. The lowest BCUT2D eigenvalue weighted by Crippen LogP contribution is -2.12. The van der Waals surface area contributed by atoms with Crippen LogP contribution in [-0.2, 0) is 18.3 Å². The fourth-order valence-corrected chi connectivity index (χ4v) is 3.37. The molecular formula is C18H18N2O2S. The summed E-state index contributed by atoms with van der Waals surface area (Å²) in [6.07, 6.45) is 1.15. The Morgan fingerprint density at radius 1 is 1.17 bits per heavy atom. The number of fused-ring (bicyclic) bond motifs is 1. The molecule has 4 nitrogen and oxygen atoms in total. The molecule has 0 saturated heterocycles. The van der Waals surface area contributed by atoms with Crippen LogP contribution in [0, 0.1) is 6.92 Å². The third-order valence-electron chi connectivity index (χ3n) is 3.84. The number of carbonyl (C=O) groups excluding carboxylic acids is 1. The highest BCUT2D eigenvalue weighted by Crippen LogP contribution is 2.21. The second-order valence-electron chi connectivity index (χ2n) is 5.64. The van der Waals surface area contributed by atoms with Gasteiger partial charge in [0, 0.05) is 19.2 Å². The van der Waals surface area contributed by atoms with E-state index in [9.17, 15) is 9.59 Å². The zero-order valence-corrected chi connectivity index (χ0v) is 13.9. The summed E-state index contributed by atoms with van der Waals surface area (Å²) in [6.45, 7) is 2.05. The molecule has 3 aromatic rings. The van der Waals surface area contributed by atoms with Gasteiger partial charge in [-0.25, -0.2) is 0 Å². The van der Waals surface area contributed by atoms with Crippen molar-refractivity contribution < 1.29 is 4.79 Å². The first-order chi connectivity index (χ1) is 11.0. The van der Waals surface area contributed by atoms with Gasteiger partial charge in [0.1, 0.15) is 0 Å². The van der Waals surface area contributed by atoms with Crippen molar-refractivity contribution in [3.05, 3.63) is 63.3 Å². The molecule has 0 aliphatic heterocycles. The Morgan fingerprint density at radius 3 is 2.65 bits per heavy atom. The SMILES string of the molecule is Cc1ccc(CCC(=O)Nc2ccc3c(c2)sc(=O)n3C)cc1. The van der Waals surface area contributed by atoms with Crippen LogP contribution in [0.2, 0.25) is 0 Å². The van der Waals surface area contributed by atoms with Gasteiger partial charge in [0.25, 0.3) is 0 Å². The molecule has 0 fully saturated rings. The Kier molecular flexibility index (Phi) is 4.30. The van der Waals surface area contributed by atoms with Crippen LogP contribution in [0.15, 0.2) is 47.3 Å². The predicted octanol–water partition coefficient (Wildman–Crippen LogP) is 3.48. The molecule has 0 bridgehead atoms. The van der Waals surface area contributed by atoms with Crippen molar-refractivity contribution in [3.63, 3.8) is 0 Å². The maximum atomic E-state index is 12.1. The van der Waals surface area contributed by atoms with Crippen LogP contribution in [0.3, 0.4) is 0 Å². The molecule has 0 spiro atoms. The smallest absolute Gasteiger partial charge is 0.307 e. The standard InChI is InChI=1S/C18H18N2O2S/c1-12-3-5-13(6-4-12)7-10-17(21)19-14-8-9-15-16(11-14)23-18(22)20(15)2/h3-6,8-9,11H,7,10H2,1-2H3,(H,19,21). The maximum absolute atomic E-state index is 12.1. The summed E-state index contributed by atoms with van der Waals surface area (Å²) in [6, 6.07) is 13.8. The van der Waals surface area contributed by atoms with Gasteiger partial charge >= 0.3 is 4.87 Å². The number of benzene rings is 2.